The Morgan fingerprint density at radius 1 is 1.05 bits per heavy atom. The van der Waals surface area contributed by atoms with Crippen molar-refractivity contribution in [1.82, 2.24) is 4.98 Å². The fraction of sp³-hybridized carbons (Fsp3) is 0.0769. The number of aldehydes is 1. The van der Waals surface area contributed by atoms with Gasteiger partial charge in [0.15, 0.2) is 6.29 Å². The number of carbonyl (C=O) groups excluding carboxylic acids is 1. The van der Waals surface area contributed by atoms with Crippen molar-refractivity contribution in [3.63, 3.8) is 0 Å². The summed E-state index contributed by atoms with van der Waals surface area (Å²) >= 11 is 0. The molecule has 0 aliphatic heterocycles. The fourth-order valence-electron chi connectivity index (χ4n) is 1.60. The highest BCUT2D eigenvalue weighted by Crippen LogP contribution is 2.34. The summed E-state index contributed by atoms with van der Waals surface area (Å²) in [4.78, 5) is 14.3. The summed E-state index contributed by atoms with van der Waals surface area (Å²) in [7, 11) is 0. The van der Waals surface area contributed by atoms with Crippen molar-refractivity contribution in [3.8, 4) is 11.1 Å². The summed E-state index contributed by atoms with van der Waals surface area (Å²) in [5.74, 6) is -1.34. The van der Waals surface area contributed by atoms with Crippen molar-refractivity contribution in [3.05, 3.63) is 53.6 Å². The van der Waals surface area contributed by atoms with E-state index in [0.29, 0.717) is 17.9 Å². The van der Waals surface area contributed by atoms with Gasteiger partial charge in [0.05, 0.1) is 5.56 Å². The second kappa shape index (κ2) is 4.79. The first-order valence-corrected chi connectivity index (χ1v) is 5.19. The number of benzene rings is 1. The van der Waals surface area contributed by atoms with Crippen molar-refractivity contribution in [2.45, 2.75) is 6.18 Å². The second-order valence-electron chi connectivity index (χ2n) is 3.82. The topological polar surface area (TPSA) is 30.0 Å². The lowest BCUT2D eigenvalue weighted by Crippen LogP contribution is -2.08. The van der Waals surface area contributed by atoms with E-state index >= 15 is 0 Å². The second-order valence-corrected chi connectivity index (χ2v) is 3.82. The molecule has 0 N–H and O–H groups in total. The van der Waals surface area contributed by atoms with E-state index in [4.69, 9.17) is 0 Å². The molecular formula is C13H7F4NO. The van der Waals surface area contributed by atoms with Crippen LogP contribution in [0.1, 0.15) is 15.9 Å². The molecular weight excluding hydrogens is 262 g/mol. The Hall–Kier alpha value is -2.24. The van der Waals surface area contributed by atoms with Crippen molar-refractivity contribution in [1.29, 1.82) is 0 Å². The van der Waals surface area contributed by atoms with Crippen LogP contribution < -0.4 is 0 Å². The van der Waals surface area contributed by atoms with Gasteiger partial charge in [-0.05, 0) is 23.8 Å². The van der Waals surface area contributed by atoms with Crippen molar-refractivity contribution in [2.24, 2.45) is 0 Å². The van der Waals surface area contributed by atoms with Crippen LogP contribution >= 0.6 is 0 Å². The third kappa shape index (κ3) is 2.78. The van der Waals surface area contributed by atoms with Gasteiger partial charge in [-0.1, -0.05) is 6.07 Å². The molecule has 0 unspecified atom stereocenters. The fourth-order valence-corrected chi connectivity index (χ4v) is 1.60. The van der Waals surface area contributed by atoms with Crippen LogP contribution in [0, 0.1) is 5.82 Å². The first-order chi connectivity index (χ1) is 8.91. The Balaban J connectivity index is 2.54. The molecule has 0 radical (unpaired) electrons. The molecule has 2 nitrogen and oxygen atoms in total. The molecule has 2 aromatic rings. The van der Waals surface area contributed by atoms with Crippen molar-refractivity contribution >= 4 is 6.29 Å². The number of rotatable bonds is 2. The predicted octanol–water partition coefficient (Wildman–Crippen LogP) is 3.72. The summed E-state index contributed by atoms with van der Waals surface area (Å²) in [6, 6.07) is 4.02. The van der Waals surface area contributed by atoms with Crippen LogP contribution in [0.2, 0.25) is 0 Å². The zero-order chi connectivity index (χ0) is 14.0. The Morgan fingerprint density at radius 2 is 1.79 bits per heavy atom. The zero-order valence-electron chi connectivity index (χ0n) is 9.41. The maximum Gasteiger partial charge on any atom is 0.419 e. The van der Waals surface area contributed by atoms with Crippen LogP contribution in [0.15, 0.2) is 36.7 Å². The van der Waals surface area contributed by atoms with Gasteiger partial charge >= 0.3 is 6.18 Å². The first-order valence-electron chi connectivity index (χ1n) is 5.19. The Kier molecular flexibility index (Phi) is 3.33. The Labute approximate surface area is 105 Å². The van der Waals surface area contributed by atoms with Crippen molar-refractivity contribution in [2.75, 3.05) is 0 Å². The summed E-state index contributed by atoms with van der Waals surface area (Å²) in [6.45, 7) is 0. The summed E-state index contributed by atoms with van der Waals surface area (Å²) < 4.78 is 50.9. The van der Waals surface area contributed by atoms with Gasteiger partial charge in [0.1, 0.15) is 5.82 Å². The van der Waals surface area contributed by atoms with Crippen LogP contribution in [0.3, 0.4) is 0 Å². The van der Waals surface area contributed by atoms with Crippen LogP contribution in [0.5, 0.6) is 0 Å². The monoisotopic (exact) mass is 269 g/mol. The van der Waals surface area contributed by atoms with E-state index in [1.807, 2.05) is 0 Å². The number of hydrogen-bond acceptors (Lipinski definition) is 2. The number of pyridine rings is 1. The molecule has 0 aliphatic carbocycles. The third-order valence-electron chi connectivity index (χ3n) is 2.50. The Bertz CT molecular complexity index is 622. The molecule has 6 heteroatoms. The van der Waals surface area contributed by atoms with E-state index in [1.165, 1.54) is 24.5 Å². The number of nitrogens with zero attached hydrogens (tertiary/aromatic N) is 1. The maximum atomic E-state index is 13.1. The molecule has 1 aromatic heterocycles. The minimum atomic E-state index is -4.77. The molecule has 0 saturated carbocycles. The van der Waals surface area contributed by atoms with Gasteiger partial charge in [-0.3, -0.25) is 9.78 Å². The molecule has 0 spiro atoms. The smallest absolute Gasteiger partial charge is 0.298 e. The van der Waals surface area contributed by atoms with Gasteiger partial charge in [-0.2, -0.15) is 13.2 Å². The van der Waals surface area contributed by atoms with Gasteiger partial charge in [0.2, 0.25) is 0 Å². The van der Waals surface area contributed by atoms with Crippen LogP contribution in [-0.4, -0.2) is 11.3 Å². The molecule has 0 bridgehead atoms. The van der Waals surface area contributed by atoms with Crippen LogP contribution in [-0.2, 0) is 6.18 Å². The van der Waals surface area contributed by atoms with Gasteiger partial charge in [-0.25, -0.2) is 4.39 Å². The number of alkyl halides is 3. The standard InChI is InChI=1S/C13H7F4NO/c14-12-2-1-9(4-11(12)13(15,16)17)10-3-8(7-19)5-18-6-10/h1-7H. The van der Waals surface area contributed by atoms with E-state index in [1.54, 1.807) is 0 Å². The number of halogens is 4. The summed E-state index contributed by atoms with van der Waals surface area (Å²) in [5.41, 5.74) is -0.656. The molecule has 0 atom stereocenters. The quantitative estimate of drug-likeness (QED) is 0.614. The SMILES string of the molecule is O=Cc1cncc(-c2ccc(F)c(C(F)(F)F)c2)c1. The molecule has 19 heavy (non-hydrogen) atoms. The predicted molar refractivity (Wildman–Crippen MR) is 60.0 cm³/mol. The lowest BCUT2D eigenvalue weighted by atomic mass is 10.0. The molecule has 0 aliphatic rings. The highest BCUT2D eigenvalue weighted by atomic mass is 19.4. The average Bonchev–Trinajstić information content (AvgIpc) is 2.38. The minimum absolute atomic E-state index is 0.143. The highest BCUT2D eigenvalue weighted by Gasteiger charge is 2.34. The highest BCUT2D eigenvalue weighted by molar-refractivity contribution is 5.78. The lowest BCUT2D eigenvalue weighted by molar-refractivity contribution is -0.139. The van der Waals surface area contributed by atoms with E-state index in [-0.39, 0.29) is 11.1 Å². The van der Waals surface area contributed by atoms with E-state index in [0.717, 1.165) is 6.07 Å². The normalized spacial score (nSPS) is 11.4. The summed E-state index contributed by atoms with van der Waals surface area (Å²) in [5, 5.41) is 0. The van der Waals surface area contributed by atoms with E-state index in [9.17, 15) is 22.4 Å². The van der Waals surface area contributed by atoms with Crippen LogP contribution in [0.4, 0.5) is 17.6 Å². The van der Waals surface area contributed by atoms with E-state index in [2.05, 4.69) is 4.98 Å². The van der Waals surface area contributed by atoms with Gasteiger partial charge in [0.25, 0.3) is 0 Å². The molecule has 0 saturated heterocycles. The largest absolute Gasteiger partial charge is 0.419 e. The van der Waals surface area contributed by atoms with E-state index < -0.39 is 17.6 Å². The van der Waals surface area contributed by atoms with Gasteiger partial charge < -0.3 is 0 Å². The molecule has 98 valence electrons. The number of hydrogen-bond donors (Lipinski definition) is 0. The number of aromatic nitrogens is 1. The Morgan fingerprint density at radius 3 is 2.42 bits per heavy atom. The first kappa shape index (κ1) is 13.2. The molecule has 2 rings (SSSR count). The third-order valence-corrected chi connectivity index (χ3v) is 2.50. The minimum Gasteiger partial charge on any atom is -0.298 e. The van der Waals surface area contributed by atoms with Gasteiger partial charge in [-0.15, -0.1) is 0 Å². The summed E-state index contributed by atoms with van der Waals surface area (Å²) in [6.07, 6.45) is -1.65. The molecule has 0 amide bonds. The number of carbonyl (C=O) groups is 1. The molecule has 0 fully saturated rings. The lowest BCUT2D eigenvalue weighted by Gasteiger charge is -2.10. The molecule has 1 heterocycles. The zero-order valence-corrected chi connectivity index (χ0v) is 9.41. The van der Waals surface area contributed by atoms with Gasteiger partial charge in [0, 0.05) is 23.5 Å². The van der Waals surface area contributed by atoms with Crippen LogP contribution in [0.25, 0.3) is 11.1 Å². The average molecular weight is 269 g/mol. The molecule has 1 aromatic carbocycles. The maximum absolute atomic E-state index is 13.1. The van der Waals surface area contributed by atoms with Crippen molar-refractivity contribution < 1.29 is 22.4 Å².